The summed E-state index contributed by atoms with van der Waals surface area (Å²) in [5.74, 6) is -0.00989. The molecular formula is C16H21NO4. The molecule has 0 unspecified atom stereocenters. The molecule has 0 aliphatic heterocycles. The first-order chi connectivity index (χ1) is 10.1. The highest BCUT2D eigenvalue weighted by molar-refractivity contribution is 5.78. The van der Waals surface area contributed by atoms with Crippen LogP contribution in [0.4, 0.5) is 0 Å². The lowest BCUT2D eigenvalue weighted by molar-refractivity contribution is -0.138. The van der Waals surface area contributed by atoms with Crippen molar-refractivity contribution in [3.05, 3.63) is 29.8 Å². The second-order valence-electron chi connectivity index (χ2n) is 5.31. The Balaban J connectivity index is 1.84. The standard InChI is InChI=1S/C16H21NO4/c1-21-14-7-2-12(3-8-14)4-9-15(18)17(13-5-6-13)11-10-16(19)20/h2-3,7-8,13H,4-6,9-11H2,1H3,(H,19,20). The van der Waals surface area contributed by atoms with Crippen molar-refractivity contribution in [2.45, 2.75) is 38.1 Å². The van der Waals surface area contributed by atoms with E-state index in [1.165, 1.54) is 0 Å². The van der Waals surface area contributed by atoms with Crippen LogP contribution in [0, 0.1) is 0 Å². The SMILES string of the molecule is COc1ccc(CCC(=O)N(CCC(=O)O)C2CC2)cc1. The van der Waals surface area contributed by atoms with Gasteiger partial charge >= 0.3 is 5.97 Å². The summed E-state index contributed by atoms with van der Waals surface area (Å²) in [5, 5.41) is 8.75. The van der Waals surface area contributed by atoms with Crippen molar-refractivity contribution >= 4 is 11.9 Å². The molecule has 0 heterocycles. The van der Waals surface area contributed by atoms with E-state index in [-0.39, 0.29) is 18.4 Å². The van der Waals surface area contributed by atoms with Gasteiger partial charge in [0.1, 0.15) is 5.75 Å². The van der Waals surface area contributed by atoms with Gasteiger partial charge < -0.3 is 14.7 Å². The molecule has 5 nitrogen and oxygen atoms in total. The lowest BCUT2D eigenvalue weighted by Gasteiger charge is -2.21. The molecule has 2 rings (SSSR count). The van der Waals surface area contributed by atoms with Crippen LogP contribution in [-0.2, 0) is 16.0 Å². The average Bonchev–Trinajstić information content (AvgIpc) is 3.30. The van der Waals surface area contributed by atoms with Gasteiger partial charge in [-0.1, -0.05) is 12.1 Å². The summed E-state index contributed by atoms with van der Waals surface area (Å²) >= 11 is 0. The van der Waals surface area contributed by atoms with Crippen LogP contribution in [0.5, 0.6) is 5.75 Å². The summed E-state index contributed by atoms with van der Waals surface area (Å²) in [4.78, 5) is 24.6. The summed E-state index contributed by atoms with van der Waals surface area (Å²) in [6.07, 6.45) is 3.09. The largest absolute Gasteiger partial charge is 0.497 e. The Labute approximate surface area is 124 Å². The molecule has 1 fully saturated rings. The van der Waals surface area contributed by atoms with Crippen molar-refractivity contribution in [3.8, 4) is 5.75 Å². The van der Waals surface area contributed by atoms with Gasteiger partial charge in [-0.25, -0.2) is 0 Å². The van der Waals surface area contributed by atoms with Gasteiger partial charge in [0.25, 0.3) is 0 Å². The van der Waals surface area contributed by atoms with E-state index in [0.29, 0.717) is 19.4 Å². The van der Waals surface area contributed by atoms with Gasteiger partial charge in [0.2, 0.25) is 5.91 Å². The van der Waals surface area contributed by atoms with Crippen molar-refractivity contribution in [2.75, 3.05) is 13.7 Å². The molecule has 1 aromatic carbocycles. The Morgan fingerprint density at radius 1 is 1.24 bits per heavy atom. The fourth-order valence-corrected chi connectivity index (χ4v) is 2.30. The Bertz CT molecular complexity index is 494. The van der Waals surface area contributed by atoms with Gasteiger partial charge in [0.05, 0.1) is 13.5 Å². The molecule has 1 aromatic rings. The van der Waals surface area contributed by atoms with Crippen LogP contribution in [0.15, 0.2) is 24.3 Å². The molecule has 1 amide bonds. The third-order valence-corrected chi connectivity index (χ3v) is 3.66. The quantitative estimate of drug-likeness (QED) is 0.796. The number of rotatable bonds is 8. The maximum atomic E-state index is 12.2. The number of hydrogen-bond acceptors (Lipinski definition) is 3. The van der Waals surface area contributed by atoms with E-state index in [9.17, 15) is 9.59 Å². The number of hydrogen-bond donors (Lipinski definition) is 1. The second kappa shape index (κ2) is 7.11. The minimum Gasteiger partial charge on any atom is -0.497 e. The number of aliphatic carboxylic acids is 1. The monoisotopic (exact) mass is 291 g/mol. The van der Waals surface area contributed by atoms with Gasteiger partial charge in [0.15, 0.2) is 0 Å². The predicted molar refractivity (Wildman–Crippen MR) is 78.3 cm³/mol. The number of carbonyl (C=O) groups is 2. The van der Waals surface area contributed by atoms with Gasteiger partial charge in [-0.2, -0.15) is 0 Å². The summed E-state index contributed by atoms with van der Waals surface area (Å²) in [6, 6.07) is 7.91. The van der Waals surface area contributed by atoms with Crippen molar-refractivity contribution < 1.29 is 19.4 Å². The average molecular weight is 291 g/mol. The topological polar surface area (TPSA) is 66.8 Å². The molecule has 1 aliphatic carbocycles. The van der Waals surface area contributed by atoms with Gasteiger partial charge in [-0.05, 0) is 37.0 Å². The van der Waals surface area contributed by atoms with E-state index in [0.717, 1.165) is 24.2 Å². The van der Waals surface area contributed by atoms with Gasteiger partial charge in [-0.3, -0.25) is 9.59 Å². The zero-order valence-corrected chi connectivity index (χ0v) is 12.2. The number of amides is 1. The molecule has 1 N–H and O–H groups in total. The highest BCUT2D eigenvalue weighted by Crippen LogP contribution is 2.27. The minimum absolute atomic E-state index is 0.0186. The third-order valence-electron chi connectivity index (χ3n) is 3.66. The molecule has 0 atom stereocenters. The molecule has 0 radical (unpaired) electrons. The van der Waals surface area contributed by atoms with Crippen LogP contribution in [0.2, 0.25) is 0 Å². The third kappa shape index (κ3) is 4.77. The van der Waals surface area contributed by atoms with Crippen LogP contribution in [-0.4, -0.2) is 41.6 Å². The molecular weight excluding hydrogens is 270 g/mol. The van der Waals surface area contributed by atoms with E-state index in [2.05, 4.69) is 0 Å². The number of nitrogens with zero attached hydrogens (tertiary/aromatic N) is 1. The molecule has 0 saturated heterocycles. The maximum absolute atomic E-state index is 12.2. The number of ether oxygens (including phenoxy) is 1. The van der Waals surface area contributed by atoms with Crippen LogP contribution in [0.25, 0.3) is 0 Å². The Kier molecular flexibility index (Phi) is 5.20. The van der Waals surface area contributed by atoms with Crippen molar-refractivity contribution in [1.82, 2.24) is 4.90 Å². The first kappa shape index (κ1) is 15.4. The number of carbonyl (C=O) groups excluding carboxylic acids is 1. The number of methoxy groups -OCH3 is 1. The van der Waals surface area contributed by atoms with Crippen molar-refractivity contribution in [3.63, 3.8) is 0 Å². The predicted octanol–water partition coefficient (Wildman–Crippen LogP) is 2.09. The number of aryl methyl sites for hydroxylation is 1. The Hall–Kier alpha value is -2.04. The summed E-state index contributed by atoms with van der Waals surface area (Å²) in [5.41, 5.74) is 1.08. The highest BCUT2D eigenvalue weighted by atomic mass is 16.5. The molecule has 114 valence electrons. The van der Waals surface area contributed by atoms with Crippen molar-refractivity contribution in [1.29, 1.82) is 0 Å². The molecule has 1 saturated carbocycles. The Morgan fingerprint density at radius 2 is 1.90 bits per heavy atom. The fraction of sp³-hybridized carbons (Fsp3) is 0.500. The molecule has 1 aliphatic rings. The summed E-state index contributed by atoms with van der Waals surface area (Å²) in [6.45, 7) is 0.321. The minimum atomic E-state index is -0.858. The first-order valence-electron chi connectivity index (χ1n) is 7.24. The Morgan fingerprint density at radius 3 is 2.43 bits per heavy atom. The van der Waals surface area contributed by atoms with Gasteiger partial charge in [0, 0.05) is 19.0 Å². The fourth-order valence-electron chi connectivity index (χ4n) is 2.30. The summed E-state index contributed by atoms with van der Waals surface area (Å²) < 4.78 is 5.10. The smallest absolute Gasteiger partial charge is 0.305 e. The maximum Gasteiger partial charge on any atom is 0.305 e. The number of carboxylic acid groups (broad SMARTS) is 1. The van der Waals surface area contributed by atoms with E-state index in [1.54, 1.807) is 12.0 Å². The van der Waals surface area contributed by atoms with E-state index in [1.807, 2.05) is 24.3 Å². The zero-order valence-electron chi connectivity index (χ0n) is 12.2. The molecule has 21 heavy (non-hydrogen) atoms. The lowest BCUT2D eigenvalue weighted by Crippen LogP contribution is -2.35. The van der Waals surface area contributed by atoms with Gasteiger partial charge in [-0.15, -0.1) is 0 Å². The van der Waals surface area contributed by atoms with Crippen LogP contribution in [0.1, 0.15) is 31.2 Å². The molecule has 0 bridgehead atoms. The zero-order chi connectivity index (χ0) is 15.2. The van der Waals surface area contributed by atoms with Crippen LogP contribution in [0.3, 0.4) is 0 Å². The van der Waals surface area contributed by atoms with Crippen LogP contribution < -0.4 is 4.74 Å². The molecule has 0 spiro atoms. The molecule has 0 aromatic heterocycles. The second-order valence-corrected chi connectivity index (χ2v) is 5.31. The number of benzene rings is 1. The van der Waals surface area contributed by atoms with E-state index in [4.69, 9.17) is 9.84 Å². The molecule has 5 heteroatoms. The summed E-state index contributed by atoms with van der Waals surface area (Å²) in [7, 11) is 1.62. The first-order valence-corrected chi connectivity index (χ1v) is 7.24. The number of carboxylic acids is 1. The normalized spacial score (nSPS) is 13.8. The van der Waals surface area contributed by atoms with E-state index >= 15 is 0 Å². The van der Waals surface area contributed by atoms with Crippen molar-refractivity contribution in [2.24, 2.45) is 0 Å². The lowest BCUT2D eigenvalue weighted by atomic mass is 10.1. The highest BCUT2D eigenvalue weighted by Gasteiger charge is 2.32. The van der Waals surface area contributed by atoms with Crippen LogP contribution >= 0.6 is 0 Å². The van der Waals surface area contributed by atoms with E-state index < -0.39 is 5.97 Å².